The molecule has 3 nitrogen and oxygen atoms in total. The van der Waals surface area contributed by atoms with E-state index < -0.39 is 6.10 Å². The van der Waals surface area contributed by atoms with Crippen LogP contribution in [0.2, 0.25) is 0 Å². The molecule has 0 fully saturated rings. The molecule has 25 heavy (non-hydrogen) atoms. The van der Waals surface area contributed by atoms with Crippen molar-refractivity contribution in [3.8, 4) is 0 Å². The van der Waals surface area contributed by atoms with Crippen molar-refractivity contribution in [2.75, 3.05) is 6.61 Å². The van der Waals surface area contributed by atoms with Crippen LogP contribution in [0.25, 0.3) is 0 Å². The summed E-state index contributed by atoms with van der Waals surface area (Å²) in [5.41, 5.74) is 0. The van der Waals surface area contributed by atoms with Crippen LogP contribution in [0.1, 0.15) is 123 Å². The number of aliphatic hydroxyl groups excluding tert-OH is 1. The van der Waals surface area contributed by atoms with E-state index in [0.29, 0.717) is 6.42 Å². The molecule has 0 aliphatic carbocycles. The van der Waals surface area contributed by atoms with Crippen molar-refractivity contribution in [3.05, 3.63) is 0 Å². The van der Waals surface area contributed by atoms with Gasteiger partial charge >= 0.3 is 5.97 Å². The Labute approximate surface area is 156 Å². The van der Waals surface area contributed by atoms with Crippen LogP contribution in [0.4, 0.5) is 0 Å². The molecule has 150 valence electrons. The minimum atomic E-state index is -0.488. The largest absolute Gasteiger partial charge is 0.463 e. The summed E-state index contributed by atoms with van der Waals surface area (Å²) in [6.45, 7) is 4.39. The van der Waals surface area contributed by atoms with Gasteiger partial charge in [0.05, 0.1) is 6.10 Å². The van der Waals surface area contributed by atoms with Crippen LogP contribution in [0.15, 0.2) is 0 Å². The lowest BCUT2D eigenvalue weighted by Gasteiger charge is -2.11. The van der Waals surface area contributed by atoms with Gasteiger partial charge in [-0.2, -0.15) is 0 Å². The Morgan fingerprint density at radius 1 is 0.720 bits per heavy atom. The molecule has 1 atom stereocenters. The molecule has 1 N–H and O–H groups in total. The Kier molecular flexibility index (Phi) is 19.3. The van der Waals surface area contributed by atoms with Gasteiger partial charge in [-0.05, 0) is 12.8 Å². The molecule has 0 unspecified atom stereocenters. The van der Waals surface area contributed by atoms with E-state index in [4.69, 9.17) is 4.74 Å². The first-order valence-electron chi connectivity index (χ1n) is 11.0. The first-order chi connectivity index (χ1) is 12.2. The summed E-state index contributed by atoms with van der Waals surface area (Å²) in [5, 5.41) is 9.78. The molecule has 0 aromatic heterocycles. The number of esters is 1. The highest BCUT2D eigenvalue weighted by Crippen LogP contribution is 2.13. The van der Waals surface area contributed by atoms with Crippen LogP contribution >= 0.6 is 0 Å². The summed E-state index contributed by atoms with van der Waals surface area (Å²) in [4.78, 5) is 11.2. The maximum atomic E-state index is 11.2. The van der Waals surface area contributed by atoms with Crippen LogP contribution in [0.5, 0.6) is 0 Å². The summed E-state index contributed by atoms with van der Waals surface area (Å²) >= 11 is 0. The van der Waals surface area contributed by atoms with Crippen molar-refractivity contribution >= 4 is 5.97 Å². The summed E-state index contributed by atoms with van der Waals surface area (Å²) in [6, 6.07) is 0. The lowest BCUT2D eigenvalue weighted by atomic mass is 10.0. The van der Waals surface area contributed by atoms with E-state index in [0.717, 1.165) is 19.3 Å². The predicted molar refractivity (Wildman–Crippen MR) is 107 cm³/mol. The minimum absolute atomic E-state index is 0.164. The van der Waals surface area contributed by atoms with E-state index in [9.17, 15) is 9.90 Å². The Hall–Kier alpha value is -0.570. The fourth-order valence-electron chi connectivity index (χ4n) is 3.12. The van der Waals surface area contributed by atoms with Gasteiger partial charge in [0, 0.05) is 6.42 Å². The van der Waals surface area contributed by atoms with Crippen molar-refractivity contribution < 1.29 is 14.6 Å². The highest BCUT2D eigenvalue weighted by Gasteiger charge is 2.07. The standard InChI is InChI=1S/C22H44O3/c1-3-5-6-7-8-9-10-11-12-13-14-15-16-17-19-21(23)20-25-22(24)18-4-2/h21,23H,3-20H2,1-2H3/t21-/m0/s1. The Morgan fingerprint density at radius 3 is 1.60 bits per heavy atom. The van der Waals surface area contributed by atoms with Crippen LogP contribution < -0.4 is 0 Å². The first kappa shape index (κ1) is 24.4. The normalized spacial score (nSPS) is 12.3. The molecule has 0 aromatic rings. The van der Waals surface area contributed by atoms with Crippen molar-refractivity contribution in [1.82, 2.24) is 0 Å². The molecule has 0 saturated heterocycles. The molecule has 0 saturated carbocycles. The van der Waals surface area contributed by atoms with Gasteiger partial charge in [-0.15, -0.1) is 0 Å². The SMILES string of the molecule is CCCCCCCCCCCCCCCC[C@H](O)COC(=O)CCC. The van der Waals surface area contributed by atoms with Crippen molar-refractivity contribution in [2.24, 2.45) is 0 Å². The first-order valence-corrected chi connectivity index (χ1v) is 11.0. The number of hydrogen-bond donors (Lipinski definition) is 1. The second-order valence-corrected chi connectivity index (χ2v) is 7.47. The van der Waals surface area contributed by atoms with E-state index in [1.54, 1.807) is 0 Å². The Balaban J connectivity index is 3.16. The number of carbonyl (C=O) groups excluding carboxylic acids is 1. The lowest BCUT2D eigenvalue weighted by molar-refractivity contribution is -0.146. The molecular weight excluding hydrogens is 312 g/mol. The quantitative estimate of drug-likeness (QED) is 0.210. The third kappa shape index (κ3) is 19.6. The molecule has 0 rings (SSSR count). The number of hydrogen-bond acceptors (Lipinski definition) is 3. The molecule has 0 radical (unpaired) electrons. The van der Waals surface area contributed by atoms with Gasteiger partial charge in [0.1, 0.15) is 6.61 Å². The van der Waals surface area contributed by atoms with E-state index >= 15 is 0 Å². The number of ether oxygens (including phenoxy) is 1. The van der Waals surface area contributed by atoms with E-state index in [2.05, 4.69) is 6.92 Å². The molecule has 0 amide bonds. The van der Waals surface area contributed by atoms with Crippen LogP contribution in [0.3, 0.4) is 0 Å². The molecule has 0 spiro atoms. The zero-order valence-corrected chi connectivity index (χ0v) is 17.1. The highest BCUT2D eigenvalue weighted by molar-refractivity contribution is 5.69. The molecule has 0 aliphatic rings. The predicted octanol–water partition coefficient (Wildman–Crippen LogP) is 6.56. The van der Waals surface area contributed by atoms with E-state index in [1.807, 2.05) is 6.92 Å². The second-order valence-electron chi connectivity index (χ2n) is 7.47. The van der Waals surface area contributed by atoms with Crippen molar-refractivity contribution in [2.45, 2.75) is 129 Å². The molecule has 0 aromatic carbocycles. The van der Waals surface area contributed by atoms with Gasteiger partial charge in [-0.25, -0.2) is 0 Å². The van der Waals surface area contributed by atoms with Crippen LogP contribution in [-0.2, 0) is 9.53 Å². The fraction of sp³-hybridized carbons (Fsp3) is 0.955. The van der Waals surface area contributed by atoms with Gasteiger partial charge in [0.2, 0.25) is 0 Å². The average molecular weight is 357 g/mol. The molecule has 0 bridgehead atoms. The van der Waals surface area contributed by atoms with Gasteiger partial charge < -0.3 is 9.84 Å². The third-order valence-electron chi connectivity index (χ3n) is 4.78. The van der Waals surface area contributed by atoms with Gasteiger partial charge in [0.25, 0.3) is 0 Å². The maximum Gasteiger partial charge on any atom is 0.305 e. The number of aliphatic hydroxyl groups is 1. The zero-order chi connectivity index (χ0) is 18.6. The van der Waals surface area contributed by atoms with E-state index in [1.165, 1.54) is 83.5 Å². The maximum absolute atomic E-state index is 11.2. The second kappa shape index (κ2) is 19.8. The molecular formula is C22H44O3. The van der Waals surface area contributed by atoms with Gasteiger partial charge in [-0.3, -0.25) is 4.79 Å². The van der Waals surface area contributed by atoms with Gasteiger partial charge in [0.15, 0.2) is 0 Å². The minimum Gasteiger partial charge on any atom is -0.463 e. The smallest absolute Gasteiger partial charge is 0.305 e. The highest BCUT2D eigenvalue weighted by atomic mass is 16.5. The van der Waals surface area contributed by atoms with Crippen molar-refractivity contribution in [1.29, 1.82) is 0 Å². The van der Waals surface area contributed by atoms with Crippen LogP contribution in [0, 0.1) is 0 Å². The molecule has 0 aliphatic heterocycles. The number of carbonyl (C=O) groups is 1. The lowest BCUT2D eigenvalue weighted by Crippen LogP contribution is -2.18. The summed E-state index contributed by atoms with van der Waals surface area (Å²) in [5.74, 6) is -0.192. The topological polar surface area (TPSA) is 46.5 Å². The summed E-state index contributed by atoms with van der Waals surface area (Å²) < 4.78 is 5.02. The number of rotatable bonds is 19. The zero-order valence-electron chi connectivity index (χ0n) is 17.1. The van der Waals surface area contributed by atoms with Gasteiger partial charge in [-0.1, -0.05) is 104 Å². The summed E-state index contributed by atoms with van der Waals surface area (Å²) in [7, 11) is 0. The van der Waals surface area contributed by atoms with E-state index in [-0.39, 0.29) is 12.6 Å². The molecule has 0 heterocycles. The monoisotopic (exact) mass is 356 g/mol. The third-order valence-corrected chi connectivity index (χ3v) is 4.78. The van der Waals surface area contributed by atoms with Crippen molar-refractivity contribution in [3.63, 3.8) is 0 Å². The molecule has 3 heteroatoms. The Bertz CT molecular complexity index is 278. The average Bonchev–Trinajstić information content (AvgIpc) is 2.60. The Morgan fingerprint density at radius 2 is 1.16 bits per heavy atom. The summed E-state index contributed by atoms with van der Waals surface area (Å²) in [6.07, 6.45) is 20.3. The number of unbranched alkanes of at least 4 members (excludes halogenated alkanes) is 13. The fourth-order valence-corrected chi connectivity index (χ4v) is 3.12. The van der Waals surface area contributed by atoms with Crippen LogP contribution in [-0.4, -0.2) is 23.8 Å².